The van der Waals surface area contributed by atoms with Crippen molar-refractivity contribution in [2.75, 3.05) is 123 Å². The average molecular weight is 1300 g/mol. The standard InChI is InChI=1S/C27H37N5O3.C20H28BF3N2O3.C13H18IN3O2.H2S/c1-3-20-6-9-32(17-20)26(34)28-22-5-4-19(2)23(16-22)21-14-24(30-27(18-33)7-8-27)29-25(15-21)31-10-12-35-13-11-31;1-13-6-7-15(10-16(13)21-28-18(2,3)19(4,5)29-21)25-17(27)26-9-8-14(12-26)11-20(22,23)24;14-10-7-11(16-13(9-18)1-2-13)15-12(8-10)17-3-5-19-6-4-17;/h4-5,14-16,20,33H,3,6-13,17-18H2,1-2H3,(H,28,34)(H,29,30);6-7,10,14H,8-9,11-12H2,1-5H3,(H,25,27);7-8,18H,1-6,9H2,(H,15,16);1H2/t20-;14-;;/m10../s1. The molecule has 18 nitrogen and oxygen atoms in total. The van der Waals surface area contributed by atoms with Crippen LogP contribution >= 0.6 is 36.1 Å². The summed E-state index contributed by atoms with van der Waals surface area (Å²) in [5.74, 6) is 3.58. The number of benzene rings is 2. The zero-order chi connectivity index (χ0) is 59.3. The number of aryl methyl sites for hydroxylation is 2. The van der Waals surface area contributed by atoms with E-state index in [1.807, 2.05) is 57.7 Å². The lowest BCUT2D eigenvalue weighted by molar-refractivity contribution is -0.143. The lowest BCUT2D eigenvalue weighted by atomic mass is 9.76. The quantitative estimate of drug-likeness (QED) is 0.0515. The smallest absolute Gasteiger partial charge is 0.399 e. The molecule has 11 rings (SSSR count). The number of nitrogens with zero attached hydrogens (tertiary/aromatic N) is 6. The number of carbonyl (C=O) groups is 2. The van der Waals surface area contributed by atoms with Crippen molar-refractivity contribution in [2.24, 2.45) is 11.8 Å². The number of hydrogen-bond donors (Lipinski definition) is 6. The number of anilines is 6. The van der Waals surface area contributed by atoms with Crippen LogP contribution in [0, 0.1) is 29.3 Å². The molecular weight excluding hydrogens is 1220 g/mol. The van der Waals surface area contributed by atoms with Gasteiger partial charge in [-0.3, -0.25) is 0 Å². The number of aliphatic hydroxyl groups is 2. The second-order valence-electron chi connectivity index (χ2n) is 24.4. The van der Waals surface area contributed by atoms with E-state index >= 15 is 0 Å². The van der Waals surface area contributed by atoms with Crippen LogP contribution in [0.4, 0.5) is 57.4 Å². The maximum atomic E-state index is 12.9. The molecule has 84 heavy (non-hydrogen) atoms. The summed E-state index contributed by atoms with van der Waals surface area (Å²) in [6, 6.07) is 19.4. The fourth-order valence-corrected chi connectivity index (χ4v) is 11.5. The number of amides is 4. The summed E-state index contributed by atoms with van der Waals surface area (Å²) in [4.78, 5) is 42.8. The SMILES string of the molecule is CC[C@@H]1CCN(C(=O)Nc2ccc(C)c(-c3cc(NC4(CO)CC4)nc(N4CCOCC4)c3)c2)C1.Cc1ccc(NC(=O)N2CC[C@@H](CC(F)(F)F)C2)cc1B1OC(C)(C)C(C)(C)O1.OCC1(Nc2cc(I)cc(N3CCOCC3)n2)CC1.S. The Hall–Kier alpha value is -4.83. The number of halogens is 4. The van der Waals surface area contributed by atoms with E-state index in [9.17, 15) is 33.0 Å². The number of nitrogens with one attached hydrogen (secondary N) is 4. The van der Waals surface area contributed by atoms with Crippen LogP contribution < -0.4 is 36.5 Å². The van der Waals surface area contributed by atoms with Gasteiger partial charge in [-0.1, -0.05) is 31.0 Å². The predicted octanol–water partition coefficient (Wildman–Crippen LogP) is 9.77. The first-order chi connectivity index (χ1) is 39.5. The van der Waals surface area contributed by atoms with E-state index in [0.29, 0.717) is 37.8 Å². The Kier molecular flexibility index (Phi) is 21.3. The van der Waals surface area contributed by atoms with Gasteiger partial charge >= 0.3 is 25.4 Å². The molecule has 2 atom stereocenters. The van der Waals surface area contributed by atoms with E-state index in [2.05, 4.69) is 103 Å². The minimum Gasteiger partial charge on any atom is -0.399 e. The fraction of sp³-hybridized carbons (Fsp3) is 0.600. The number of morpholine rings is 2. The average Bonchev–Trinajstić information content (AvgIpc) is 3.51. The molecule has 0 spiro atoms. The van der Waals surface area contributed by atoms with Gasteiger partial charge in [0.05, 0.1) is 61.9 Å². The third-order valence-corrected chi connectivity index (χ3v) is 18.1. The normalized spacial score (nSPS) is 21.8. The maximum Gasteiger partial charge on any atom is 0.495 e. The number of carbonyl (C=O) groups excluding carboxylic acids is 2. The van der Waals surface area contributed by atoms with Gasteiger partial charge in [-0.15, -0.1) is 0 Å². The summed E-state index contributed by atoms with van der Waals surface area (Å²) >= 11 is 2.31. The molecule has 0 bridgehead atoms. The van der Waals surface area contributed by atoms with E-state index in [1.165, 1.54) is 4.90 Å². The predicted molar refractivity (Wildman–Crippen MR) is 338 cm³/mol. The number of alkyl halides is 3. The Bertz CT molecular complexity index is 2900. The zero-order valence-electron chi connectivity index (χ0n) is 49.6. The summed E-state index contributed by atoms with van der Waals surface area (Å²) in [7, 11) is -0.556. The molecule has 2 saturated carbocycles. The molecule has 24 heteroatoms. The van der Waals surface area contributed by atoms with Crippen molar-refractivity contribution in [3.05, 3.63) is 75.4 Å². The Labute approximate surface area is 513 Å². The largest absolute Gasteiger partial charge is 0.495 e. The number of aliphatic hydroxyl groups excluding tert-OH is 2. The van der Waals surface area contributed by atoms with Crippen LogP contribution in [0.1, 0.15) is 97.1 Å². The lowest BCUT2D eigenvalue weighted by Gasteiger charge is -2.32. The van der Waals surface area contributed by atoms with Crippen molar-refractivity contribution in [3.63, 3.8) is 0 Å². The molecule has 7 aliphatic rings. The van der Waals surface area contributed by atoms with Crippen molar-refractivity contribution in [2.45, 2.75) is 128 Å². The highest BCUT2D eigenvalue weighted by atomic mass is 127. The minimum absolute atomic E-state index is 0. The van der Waals surface area contributed by atoms with Crippen LogP contribution in [-0.4, -0.2) is 170 Å². The van der Waals surface area contributed by atoms with E-state index in [0.717, 1.165) is 151 Å². The van der Waals surface area contributed by atoms with Crippen LogP contribution in [0.15, 0.2) is 60.7 Å². The summed E-state index contributed by atoms with van der Waals surface area (Å²) in [6.07, 6.45) is 1.41. The Morgan fingerprint density at radius 3 is 1.64 bits per heavy atom. The molecule has 5 saturated heterocycles. The van der Waals surface area contributed by atoms with Gasteiger partial charge in [-0.05, 0) is 185 Å². The van der Waals surface area contributed by atoms with Crippen molar-refractivity contribution in [3.8, 4) is 11.1 Å². The highest BCUT2D eigenvalue weighted by Crippen LogP contribution is 2.42. The van der Waals surface area contributed by atoms with Gasteiger partial charge in [0.25, 0.3) is 0 Å². The van der Waals surface area contributed by atoms with Gasteiger partial charge in [0.1, 0.15) is 23.3 Å². The van der Waals surface area contributed by atoms with Gasteiger partial charge in [-0.2, -0.15) is 26.7 Å². The summed E-state index contributed by atoms with van der Waals surface area (Å²) in [5, 5.41) is 32.0. The lowest BCUT2D eigenvalue weighted by Crippen LogP contribution is -2.41. The first-order valence-electron chi connectivity index (χ1n) is 29.4. The molecule has 460 valence electrons. The zero-order valence-corrected chi connectivity index (χ0v) is 52.8. The van der Waals surface area contributed by atoms with E-state index in [4.69, 9.17) is 23.8 Å². The van der Waals surface area contributed by atoms with Crippen molar-refractivity contribution in [1.82, 2.24) is 19.8 Å². The van der Waals surface area contributed by atoms with Gasteiger partial charge in [0.2, 0.25) is 0 Å². The number of hydrogen-bond acceptors (Lipinski definition) is 14. The Balaban J connectivity index is 0.000000170. The van der Waals surface area contributed by atoms with Crippen LogP contribution in [0.25, 0.3) is 11.1 Å². The molecule has 7 heterocycles. The maximum absolute atomic E-state index is 12.9. The third-order valence-electron chi connectivity index (χ3n) is 17.4. The Morgan fingerprint density at radius 2 is 1.15 bits per heavy atom. The Morgan fingerprint density at radius 1 is 0.679 bits per heavy atom. The molecule has 0 unspecified atom stereocenters. The molecule has 4 aromatic rings. The van der Waals surface area contributed by atoms with Crippen molar-refractivity contribution < 1.29 is 51.8 Å². The van der Waals surface area contributed by atoms with E-state index < -0.39 is 42.9 Å². The number of aromatic nitrogens is 2. The molecule has 2 aliphatic carbocycles. The van der Waals surface area contributed by atoms with Gasteiger partial charge in [-0.25, -0.2) is 19.6 Å². The molecule has 7 fully saturated rings. The second-order valence-corrected chi connectivity index (χ2v) is 25.7. The summed E-state index contributed by atoms with van der Waals surface area (Å²) in [5.41, 5.74) is 5.02. The van der Waals surface area contributed by atoms with Crippen LogP contribution in [-0.2, 0) is 18.8 Å². The van der Waals surface area contributed by atoms with Crippen molar-refractivity contribution >= 4 is 95.4 Å². The van der Waals surface area contributed by atoms with Gasteiger partial charge in [0, 0.05) is 73.7 Å². The minimum atomic E-state index is -4.20. The third kappa shape index (κ3) is 16.8. The number of pyridine rings is 2. The van der Waals surface area contributed by atoms with E-state index in [-0.39, 0.29) is 50.4 Å². The highest BCUT2D eigenvalue weighted by molar-refractivity contribution is 14.1. The summed E-state index contributed by atoms with van der Waals surface area (Å²) in [6.45, 7) is 22.7. The second kappa shape index (κ2) is 27.5. The van der Waals surface area contributed by atoms with Crippen LogP contribution in [0.2, 0.25) is 0 Å². The van der Waals surface area contributed by atoms with Crippen LogP contribution in [0.5, 0.6) is 0 Å². The highest BCUT2D eigenvalue weighted by Gasteiger charge is 2.52. The van der Waals surface area contributed by atoms with Crippen LogP contribution in [0.3, 0.4) is 0 Å². The molecule has 2 aromatic heterocycles. The molecule has 6 N–H and O–H groups in total. The van der Waals surface area contributed by atoms with Gasteiger partial charge in [0.15, 0.2) is 0 Å². The monoisotopic (exact) mass is 1300 g/mol. The molecule has 4 amide bonds. The molecular formula is C60H85BF3IN10O8S. The molecule has 2 aromatic carbocycles. The molecule has 0 radical (unpaired) electrons. The number of likely N-dealkylation sites (tertiary alicyclic amines) is 2. The van der Waals surface area contributed by atoms with E-state index in [1.54, 1.807) is 12.1 Å². The van der Waals surface area contributed by atoms with Crippen molar-refractivity contribution in [1.29, 1.82) is 0 Å². The topological polar surface area (TPSA) is 198 Å². The molecule has 5 aliphatic heterocycles. The fourth-order valence-electron chi connectivity index (χ4n) is 10.9. The first-order valence-corrected chi connectivity index (χ1v) is 30.4. The number of urea groups is 2. The summed E-state index contributed by atoms with van der Waals surface area (Å²) < 4.78 is 62.0. The number of rotatable bonds is 14. The first kappa shape index (κ1) is 65.2. The number of ether oxygens (including phenoxy) is 2. The van der Waals surface area contributed by atoms with Gasteiger partial charge < -0.3 is 69.9 Å².